The number of aryl methyl sites for hydroxylation is 4. The van der Waals surface area contributed by atoms with Gasteiger partial charge in [0.15, 0.2) is 0 Å². The predicted molar refractivity (Wildman–Crippen MR) is 100 cm³/mol. The third-order valence-corrected chi connectivity index (χ3v) is 4.66. The molecule has 0 fully saturated rings. The van der Waals surface area contributed by atoms with E-state index in [0.29, 0.717) is 0 Å². The number of hydrogen-bond donors (Lipinski definition) is 0. The zero-order valence-electron chi connectivity index (χ0n) is 15.9. The Morgan fingerprint density at radius 1 is 0.783 bits per heavy atom. The molecule has 1 heteroatoms. The van der Waals surface area contributed by atoms with Crippen LogP contribution in [0.4, 0.5) is 0 Å². The standard InChI is InChI=1S/C13H21.C9H13.Fe/c1-5-10-9-11(6-2)13(8-4)12(10)7-3;1-3-8-5-6-9(4-2)7-8;/h9H,5-8H2,1-4H3;5-7H,3-4H2,1-2H3;/q-5;-1;. The maximum Gasteiger partial charge on any atom is 0 e. The third kappa shape index (κ3) is 5.97. The van der Waals surface area contributed by atoms with E-state index in [-0.39, 0.29) is 17.1 Å². The molecule has 0 aliphatic rings. The van der Waals surface area contributed by atoms with Crippen LogP contribution in [0, 0.1) is 0 Å². The van der Waals surface area contributed by atoms with E-state index < -0.39 is 0 Å². The van der Waals surface area contributed by atoms with E-state index in [9.17, 15) is 0 Å². The first kappa shape index (κ1) is 22.2. The fourth-order valence-corrected chi connectivity index (χ4v) is 3.27. The smallest absolute Gasteiger partial charge is 0 e. The van der Waals surface area contributed by atoms with Crippen molar-refractivity contribution in [1.82, 2.24) is 0 Å². The molecule has 0 unspecified atom stereocenters. The van der Waals surface area contributed by atoms with E-state index in [1.807, 2.05) is 0 Å². The monoisotopic (exact) mass is 354 g/mol. The average Bonchev–Trinajstić information content (AvgIpc) is 3.17. The van der Waals surface area contributed by atoms with Crippen molar-refractivity contribution in [2.24, 2.45) is 0 Å². The van der Waals surface area contributed by atoms with Gasteiger partial charge in [-0.3, -0.25) is 0 Å². The van der Waals surface area contributed by atoms with Crippen LogP contribution in [-0.4, -0.2) is 0 Å². The first-order chi connectivity index (χ1) is 10.6. The molecule has 0 aliphatic heterocycles. The zero-order valence-corrected chi connectivity index (χ0v) is 17.0. The van der Waals surface area contributed by atoms with Crippen LogP contribution in [0.1, 0.15) is 74.9 Å². The summed E-state index contributed by atoms with van der Waals surface area (Å²) in [4.78, 5) is 0. The summed E-state index contributed by atoms with van der Waals surface area (Å²) in [5.74, 6) is 0. The molecule has 0 bridgehead atoms. The van der Waals surface area contributed by atoms with Crippen LogP contribution < -0.4 is 0 Å². The summed E-state index contributed by atoms with van der Waals surface area (Å²) < 4.78 is 0. The minimum absolute atomic E-state index is 0. The molecule has 0 atom stereocenters. The minimum Gasteiger partial charge on any atom is -0.742 e. The Morgan fingerprint density at radius 2 is 1.30 bits per heavy atom. The van der Waals surface area contributed by atoms with Crippen molar-refractivity contribution in [2.45, 2.75) is 80.1 Å². The fraction of sp³-hybridized carbons (Fsp3) is 0.545. The topological polar surface area (TPSA) is 0 Å². The number of rotatable bonds is 6. The van der Waals surface area contributed by atoms with Gasteiger partial charge in [0.1, 0.15) is 0 Å². The van der Waals surface area contributed by atoms with Gasteiger partial charge in [-0.1, -0.05) is 54.4 Å². The van der Waals surface area contributed by atoms with Gasteiger partial charge in [-0.05, 0) is 0 Å². The zero-order chi connectivity index (χ0) is 16.5. The minimum atomic E-state index is 0. The molecule has 0 spiro atoms. The van der Waals surface area contributed by atoms with Crippen LogP contribution in [0.25, 0.3) is 0 Å². The van der Waals surface area contributed by atoms with Gasteiger partial charge in [0.2, 0.25) is 0 Å². The molecule has 0 heterocycles. The summed E-state index contributed by atoms with van der Waals surface area (Å²) in [6.45, 7) is 13.4. The van der Waals surface area contributed by atoms with Gasteiger partial charge in [-0.2, -0.15) is 23.3 Å². The molecule has 2 rings (SSSR count). The van der Waals surface area contributed by atoms with Crippen LogP contribution in [0.3, 0.4) is 0 Å². The van der Waals surface area contributed by atoms with Crippen molar-refractivity contribution in [3.8, 4) is 0 Å². The Kier molecular flexibility index (Phi) is 11.3. The first-order valence-corrected chi connectivity index (χ1v) is 9.18. The summed E-state index contributed by atoms with van der Waals surface area (Å²) in [5.41, 5.74) is 9.34. The maximum atomic E-state index is 2.41. The second-order valence-corrected chi connectivity index (χ2v) is 5.90. The van der Waals surface area contributed by atoms with Gasteiger partial charge >= 0.3 is 0 Å². The summed E-state index contributed by atoms with van der Waals surface area (Å²) in [7, 11) is 0. The Morgan fingerprint density at radius 3 is 1.57 bits per heavy atom. The van der Waals surface area contributed by atoms with Crippen molar-refractivity contribution in [2.75, 3.05) is 0 Å². The van der Waals surface area contributed by atoms with E-state index >= 15 is 0 Å². The first-order valence-electron chi connectivity index (χ1n) is 9.18. The van der Waals surface area contributed by atoms with Crippen LogP contribution in [0.2, 0.25) is 0 Å². The van der Waals surface area contributed by atoms with E-state index in [0.717, 1.165) is 0 Å². The van der Waals surface area contributed by atoms with Crippen LogP contribution in [0.15, 0.2) is 24.3 Å². The molecule has 0 nitrogen and oxygen atoms in total. The third-order valence-electron chi connectivity index (χ3n) is 4.66. The second-order valence-electron chi connectivity index (χ2n) is 5.90. The van der Waals surface area contributed by atoms with Crippen molar-refractivity contribution >= 4 is 0 Å². The molecule has 0 radical (unpaired) electrons. The maximum absolute atomic E-state index is 2.41. The van der Waals surface area contributed by atoms with Crippen LogP contribution >= 0.6 is 0 Å². The second kappa shape index (κ2) is 11.7. The van der Waals surface area contributed by atoms with Crippen LogP contribution in [-0.2, 0) is 55.6 Å². The average molecular weight is 354 g/mol. The Balaban J connectivity index is 0.000000427. The van der Waals surface area contributed by atoms with Gasteiger partial charge in [-0.15, -0.1) is 0 Å². The summed E-state index contributed by atoms with van der Waals surface area (Å²) in [6, 6.07) is 9.11. The molecule has 0 saturated heterocycles. The summed E-state index contributed by atoms with van der Waals surface area (Å²) in [5, 5.41) is 0. The van der Waals surface area contributed by atoms with Gasteiger partial charge in [-0.25, -0.2) is 31.7 Å². The normalized spacial score (nSPS) is 10.0. The van der Waals surface area contributed by atoms with E-state index in [1.54, 1.807) is 22.3 Å². The molecule has 0 amide bonds. The molecular formula is C22H34Fe-6. The Hall–Kier alpha value is -0.781. The summed E-state index contributed by atoms with van der Waals surface area (Å²) >= 11 is 0. The van der Waals surface area contributed by atoms with Crippen molar-refractivity contribution in [3.63, 3.8) is 0 Å². The summed E-state index contributed by atoms with van der Waals surface area (Å²) in [6.07, 6.45) is 7.12. The molecular weight excluding hydrogens is 320 g/mol. The van der Waals surface area contributed by atoms with Crippen molar-refractivity contribution in [1.29, 1.82) is 0 Å². The molecule has 0 saturated carbocycles. The largest absolute Gasteiger partial charge is 0.742 e. The molecule has 0 aromatic heterocycles. The Labute approximate surface area is 154 Å². The van der Waals surface area contributed by atoms with E-state index in [2.05, 4.69) is 65.8 Å². The quantitative estimate of drug-likeness (QED) is 0.429. The van der Waals surface area contributed by atoms with Crippen molar-refractivity contribution < 1.29 is 17.1 Å². The van der Waals surface area contributed by atoms with Gasteiger partial charge in [0, 0.05) is 17.1 Å². The van der Waals surface area contributed by atoms with Gasteiger partial charge < -0.3 is 28.3 Å². The van der Waals surface area contributed by atoms with Gasteiger partial charge in [0.05, 0.1) is 0 Å². The van der Waals surface area contributed by atoms with Crippen LogP contribution in [0.5, 0.6) is 0 Å². The Bertz CT molecular complexity index is 497. The molecule has 0 aliphatic carbocycles. The van der Waals surface area contributed by atoms with E-state index in [1.165, 1.54) is 49.7 Å². The molecule has 2 aromatic rings. The molecule has 0 N–H and O–H groups in total. The number of hydrogen-bond acceptors (Lipinski definition) is 0. The molecule has 136 valence electrons. The predicted octanol–water partition coefficient (Wildman–Crippen LogP) is 6.18. The van der Waals surface area contributed by atoms with Crippen molar-refractivity contribution in [3.05, 3.63) is 57.6 Å². The van der Waals surface area contributed by atoms with Gasteiger partial charge in [0.25, 0.3) is 0 Å². The molecule has 2 aromatic carbocycles. The SMILES string of the molecule is CC[c-]1[cH-][c-](CC)[c-](CC)[c-]1CC.CCc1cc[c-](CC)c1.[Fe]. The molecule has 23 heavy (non-hydrogen) atoms. The van der Waals surface area contributed by atoms with E-state index in [4.69, 9.17) is 0 Å². The fourth-order valence-electron chi connectivity index (χ4n) is 3.27.